The number of aromatic nitrogens is 1. The maximum absolute atomic E-state index is 9.03. The molecule has 1 heterocycles. The Kier molecular flexibility index (Phi) is 3.55. The lowest BCUT2D eigenvalue weighted by atomic mass is 10.1. The molecule has 2 rings (SSSR count). The van der Waals surface area contributed by atoms with Crippen LogP contribution >= 0.6 is 11.3 Å². The zero-order valence-electron chi connectivity index (χ0n) is 9.97. The molecule has 17 heavy (non-hydrogen) atoms. The summed E-state index contributed by atoms with van der Waals surface area (Å²) in [5, 5.41) is 12.0. The fraction of sp³-hybridized carbons (Fsp3) is 0.286. The van der Waals surface area contributed by atoms with Gasteiger partial charge in [-0.2, -0.15) is 5.26 Å². The van der Waals surface area contributed by atoms with Gasteiger partial charge < -0.3 is 0 Å². The van der Waals surface area contributed by atoms with Crippen molar-refractivity contribution in [2.75, 3.05) is 0 Å². The van der Waals surface area contributed by atoms with Crippen LogP contribution in [0, 0.1) is 18.3 Å². The van der Waals surface area contributed by atoms with Crippen molar-refractivity contribution in [3.05, 3.63) is 40.2 Å². The van der Waals surface area contributed by atoms with E-state index in [9.17, 15) is 0 Å². The molecule has 0 fully saturated rings. The van der Waals surface area contributed by atoms with E-state index in [1.54, 1.807) is 11.3 Å². The van der Waals surface area contributed by atoms with E-state index in [1.807, 2.05) is 24.4 Å². The summed E-state index contributed by atoms with van der Waals surface area (Å²) in [6.07, 6.45) is 0.817. The van der Waals surface area contributed by atoms with Crippen LogP contribution < -0.4 is 0 Å². The van der Waals surface area contributed by atoms with Crippen LogP contribution in [0.25, 0.3) is 11.3 Å². The smallest absolute Gasteiger partial charge is 0.110 e. The summed E-state index contributed by atoms with van der Waals surface area (Å²) >= 11 is 1.58. The Morgan fingerprint density at radius 2 is 2.18 bits per heavy atom. The summed E-state index contributed by atoms with van der Waals surface area (Å²) in [4.78, 5) is 4.58. The number of nitrogens with zero attached hydrogens (tertiary/aromatic N) is 2. The molecule has 1 unspecified atom stereocenters. The van der Waals surface area contributed by atoms with Gasteiger partial charge in [-0.15, -0.1) is 11.3 Å². The standard InChI is InChI=1S/C14H14N2S/c1-3-11(8-15)14-16-13(9-17-14)12-7-5-4-6-10(12)2/h4-7,9,11H,3H2,1-2H3. The highest BCUT2D eigenvalue weighted by atomic mass is 32.1. The van der Waals surface area contributed by atoms with Crippen molar-refractivity contribution in [1.29, 1.82) is 5.26 Å². The van der Waals surface area contributed by atoms with Crippen LogP contribution in [0.1, 0.15) is 29.8 Å². The zero-order chi connectivity index (χ0) is 12.3. The first kappa shape index (κ1) is 11.8. The summed E-state index contributed by atoms with van der Waals surface area (Å²) in [6, 6.07) is 10.5. The molecule has 0 amide bonds. The van der Waals surface area contributed by atoms with E-state index in [0.717, 1.165) is 22.7 Å². The Labute approximate surface area is 106 Å². The predicted molar refractivity (Wildman–Crippen MR) is 70.9 cm³/mol. The molecule has 2 aromatic rings. The van der Waals surface area contributed by atoms with Crippen LogP contribution in [0.15, 0.2) is 29.6 Å². The van der Waals surface area contributed by atoms with E-state index in [4.69, 9.17) is 5.26 Å². The molecule has 0 radical (unpaired) electrons. The first-order valence-corrected chi connectivity index (χ1v) is 6.55. The van der Waals surface area contributed by atoms with Gasteiger partial charge >= 0.3 is 0 Å². The molecule has 0 spiro atoms. The Morgan fingerprint density at radius 3 is 2.82 bits per heavy atom. The van der Waals surface area contributed by atoms with Crippen LogP contribution in [-0.4, -0.2) is 4.98 Å². The zero-order valence-corrected chi connectivity index (χ0v) is 10.8. The number of hydrogen-bond donors (Lipinski definition) is 0. The van der Waals surface area contributed by atoms with Crippen LogP contribution in [0.4, 0.5) is 0 Å². The van der Waals surface area contributed by atoms with Gasteiger partial charge in [-0.3, -0.25) is 0 Å². The van der Waals surface area contributed by atoms with E-state index in [1.165, 1.54) is 5.56 Å². The normalized spacial score (nSPS) is 12.1. The lowest BCUT2D eigenvalue weighted by molar-refractivity contribution is 0.810. The Hall–Kier alpha value is -1.66. The van der Waals surface area contributed by atoms with Gasteiger partial charge in [0.05, 0.1) is 17.7 Å². The Morgan fingerprint density at radius 1 is 1.41 bits per heavy atom. The lowest BCUT2D eigenvalue weighted by Crippen LogP contribution is -1.92. The van der Waals surface area contributed by atoms with Crippen molar-refractivity contribution in [3.63, 3.8) is 0 Å². The van der Waals surface area contributed by atoms with Gasteiger partial charge in [-0.05, 0) is 18.9 Å². The molecule has 0 bridgehead atoms. The molecule has 1 aromatic heterocycles. The van der Waals surface area contributed by atoms with E-state index in [-0.39, 0.29) is 5.92 Å². The maximum Gasteiger partial charge on any atom is 0.110 e. The molecule has 0 saturated carbocycles. The number of rotatable bonds is 3. The molecule has 0 N–H and O–H groups in total. The second-order valence-electron chi connectivity index (χ2n) is 3.98. The highest BCUT2D eigenvalue weighted by molar-refractivity contribution is 7.10. The van der Waals surface area contributed by atoms with Crippen molar-refractivity contribution >= 4 is 11.3 Å². The predicted octanol–water partition coefficient (Wildman–Crippen LogP) is 4.14. The van der Waals surface area contributed by atoms with Crippen molar-refractivity contribution in [2.24, 2.45) is 0 Å². The molecule has 0 aliphatic carbocycles. The van der Waals surface area contributed by atoms with Gasteiger partial charge in [0, 0.05) is 10.9 Å². The lowest BCUT2D eigenvalue weighted by Gasteiger charge is -2.02. The van der Waals surface area contributed by atoms with Gasteiger partial charge in [0.25, 0.3) is 0 Å². The quantitative estimate of drug-likeness (QED) is 0.811. The largest absolute Gasteiger partial charge is 0.240 e. The van der Waals surface area contributed by atoms with Crippen LogP contribution in [0.5, 0.6) is 0 Å². The van der Waals surface area contributed by atoms with Crippen LogP contribution in [0.3, 0.4) is 0 Å². The number of hydrogen-bond acceptors (Lipinski definition) is 3. The van der Waals surface area contributed by atoms with Gasteiger partial charge in [-0.1, -0.05) is 31.2 Å². The van der Waals surface area contributed by atoms with Crippen molar-refractivity contribution < 1.29 is 0 Å². The van der Waals surface area contributed by atoms with E-state index in [2.05, 4.69) is 30.1 Å². The van der Waals surface area contributed by atoms with E-state index in [0.29, 0.717) is 0 Å². The minimum absolute atomic E-state index is 0.0715. The topological polar surface area (TPSA) is 36.7 Å². The fourth-order valence-electron chi connectivity index (χ4n) is 1.75. The van der Waals surface area contributed by atoms with Crippen LogP contribution in [0.2, 0.25) is 0 Å². The number of nitriles is 1. The van der Waals surface area contributed by atoms with E-state index < -0.39 is 0 Å². The SMILES string of the molecule is CCC(C#N)c1nc(-c2ccccc2C)cs1. The summed E-state index contributed by atoms with van der Waals surface area (Å²) < 4.78 is 0. The summed E-state index contributed by atoms with van der Waals surface area (Å²) in [7, 11) is 0. The first-order chi connectivity index (χ1) is 8.26. The van der Waals surface area contributed by atoms with Crippen LogP contribution in [-0.2, 0) is 0 Å². The summed E-state index contributed by atoms with van der Waals surface area (Å²) in [6.45, 7) is 4.10. The maximum atomic E-state index is 9.03. The van der Waals surface area contributed by atoms with Crippen molar-refractivity contribution in [2.45, 2.75) is 26.2 Å². The van der Waals surface area contributed by atoms with Crippen molar-refractivity contribution in [3.8, 4) is 17.3 Å². The number of benzene rings is 1. The van der Waals surface area contributed by atoms with Gasteiger partial charge in [0.15, 0.2) is 0 Å². The molecule has 0 aliphatic heterocycles. The molecule has 3 heteroatoms. The Balaban J connectivity index is 2.37. The van der Waals surface area contributed by atoms with Gasteiger partial charge in [0.1, 0.15) is 5.01 Å². The molecule has 0 aliphatic rings. The molecule has 1 aromatic carbocycles. The molecular weight excluding hydrogens is 228 g/mol. The molecule has 1 atom stereocenters. The second kappa shape index (κ2) is 5.11. The third kappa shape index (κ3) is 2.37. The average molecular weight is 242 g/mol. The summed E-state index contributed by atoms with van der Waals surface area (Å²) in [5.74, 6) is -0.0715. The molecule has 86 valence electrons. The third-order valence-electron chi connectivity index (χ3n) is 2.81. The minimum atomic E-state index is -0.0715. The first-order valence-electron chi connectivity index (χ1n) is 5.67. The Bertz CT molecular complexity index is 551. The molecule has 0 saturated heterocycles. The molecule has 2 nitrogen and oxygen atoms in total. The van der Waals surface area contributed by atoms with E-state index >= 15 is 0 Å². The average Bonchev–Trinajstić information content (AvgIpc) is 2.81. The monoisotopic (exact) mass is 242 g/mol. The highest BCUT2D eigenvalue weighted by Crippen LogP contribution is 2.29. The number of thiazole rings is 1. The highest BCUT2D eigenvalue weighted by Gasteiger charge is 2.14. The number of aryl methyl sites for hydroxylation is 1. The molecular formula is C14H14N2S. The second-order valence-corrected chi connectivity index (χ2v) is 4.87. The third-order valence-corrected chi connectivity index (χ3v) is 3.76. The van der Waals surface area contributed by atoms with Gasteiger partial charge in [-0.25, -0.2) is 4.98 Å². The summed E-state index contributed by atoms with van der Waals surface area (Å²) in [5.41, 5.74) is 3.36. The fourth-order valence-corrected chi connectivity index (χ4v) is 2.70. The van der Waals surface area contributed by atoms with Crippen molar-refractivity contribution in [1.82, 2.24) is 4.98 Å². The van der Waals surface area contributed by atoms with Gasteiger partial charge in [0.2, 0.25) is 0 Å². The minimum Gasteiger partial charge on any atom is -0.240 e.